The minimum Gasteiger partial charge on any atom is -0.320 e. The largest absolute Gasteiger partial charge is 0.320 e. The smallest absolute Gasteiger partial charge is 0.141 e. The van der Waals surface area contributed by atoms with Crippen molar-refractivity contribution in [1.29, 1.82) is 0 Å². The molecule has 1 fully saturated rings. The van der Waals surface area contributed by atoms with Gasteiger partial charge in [0.25, 0.3) is 0 Å². The summed E-state index contributed by atoms with van der Waals surface area (Å²) in [4.78, 5) is 4.15. The van der Waals surface area contributed by atoms with Crippen molar-refractivity contribution >= 4 is 0 Å². The van der Waals surface area contributed by atoms with Crippen molar-refractivity contribution in [2.75, 3.05) is 0 Å². The number of nitrogens with two attached hydrogens (primary N) is 1. The third-order valence-corrected chi connectivity index (χ3v) is 4.06. The van der Waals surface area contributed by atoms with Gasteiger partial charge in [0.15, 0.2) is 0 Å². The van der Waals surface area contributed by atoms with Crippen LogP contribution in [0, 0.1) is 17.7 Å². The molecule has 0 amide bonds. The molecule has 2 nitrogen and oxygen atoms in total. The summed E-state index contributed by atoms with van der Waals surface area (Å²) in [6.45, 7) is 4.30. The first-order valence-corrected chi connectivity index (χ1v) is 6.41. The van der Waals surface area contributed by atoms with E-state index >= 15 is 0 Å². The quantitative estimate of drug-likeness (QED) is 0.856. The SMILES string of the molecule is CC1CCCC(C(C)(N)c2ccc(F)cn2)C1. The fraction of sp³-hybridized carbons (Fsp3) is 0.643. The van der Waals surface area contributed by atoms with Gasteiger partial charge in [-0.25, -0.2) is 4.39 Å². The molecule has 94 valence electrons. The van der Waals surface area contributed by atoms with Gasteiger partial charge in [-0.05, 0) is 43.7 Å². The second-order valence-corrected chi connectivity index (χ2v) is 5.61. The molecule has 2 rings (SSSR count). The van der Waals surface area contributed by atoms with Crippen molar-refractivity contribution in [1.82, 2.24) is 4.98 Å². The van der Waals surface area contributed by atoms with Gasteiger partial charge >= 0.3 is 0 Å². The molecule has 1 aromatic heterocycles. The van der Waals surface area contributed by atoms with Crippen LogP contribution in [0.4, 0.5) is 4.39 Å². The first kappa shape index (κ1) is 12.5. The molecule has 0 saturated heterocycles. The lowest BCUT2D eigenvalue weighted by Gasteiger charge is -2.38. The normalized spacial score (nSPS) is 28.7. The van der Waals surface area contributed by atoms with Crippen LogP contribution >= 0.6 is 0 Å². The lowest BCUT2D eigenvalue weighted by Crippen LogP contribution is -2.43. The van der Waals surface area contributed by atoms with Gasteiger partial charge in [-0.2, -0.15) is 0 Å². The van der Waals surface area contributed by atoms with Gasteiger partial charge in [0.2, 0.25) is 0 Å². The monoisotopic (exact) mass is 236 g/mol. The van der Waals surface area contributed by atoms with Crippen LogP contribution in [0.15, 0.2) is 18.3 Å². The minimum atomic E-state index is -0.442. The summed E-state index contributed by atoms with van der Waals surface area (Å²) >= 11 is 0. The van der Waals surface area contributed by atoms with E-state index in [0.29, 0.717) is 5.92 Å². The van der Waals surface area contributed by atoms with Crippen molar-refractivity contribution in [3.63, 3.8) is 0 Å². The molecule has 0 aromatic carbocycles. The van der Waals surface area contributed by atoms with Crippen LogP contribution in [-0.2, 0) is 5.54 Å². The molecule has 1 aromatic rings. The Morgan fingerprint density at radius 2 is 2.18 bits per heavy atom. The lowest BCUT2D eigenvalue weighted by molar-refractivity contribution is 0.181. The Morgan fingerprint density at radius 1 is 1.41 bits per heavy atom. The van der Waals surface area contributed by atoms with E-state index in [-0.39, 0.29) is 5.82 Å². The van der Waals surface area contributed by atoms with Gasteiger partial charge in [-0.1, -0.05) is 19.8 Å². The molecule has 2 N–H and O–H groups in total. The van der Waals surface area contributed by atoms with Crippen LogP contribution in [0.3, 0.4) is 0 Å². The maximum atomic E-state index is 12.9. The molecule has 17 heavy (non-hydrogen) atoms. The fourth-order valence-corrected chi connectivity index (χ4v) is 2.88. The van der Waals surface area contributed by atoms with E-state index in [9.17, 15) is 4.39 Å². The van der Waals surface area contributed by atoms with Crippen LogP contribution in [0.5, 0.6) is 0 Å². The van der Waals surface area contributed by atoms with E-state index < -0.39 is 5.54 Å². The highest BCUT2D eigenvalue weighted by Crippen LogP contribution is 2.38. The Balaban J connectivity index is 2.19. The van der Waals surface area contributed by atoms with Gasteiger partial charge in [0, 0.05) is 0 Å². The molecule has 1 saturated carbocycles. The van der Waals surface area contributed by atoms with Crippen molar-refractivity contribution in [3.8, 4) is 0 Å². The van der Waals surface area contributed by atoms with Crippen LogP contribution in [0.2, 0.25) is 0 Å². The Kier molecular flexibility index (Phi) is 3.48. The van der Waals surface area contributed by atoms with E-state index in [1.165, 1.54) is 25.1 Å². The predicted molar refractivity (Wildman–Crippen MR) is 66.9 cm³/mol. The highest BCUT2D eigenvalue weighted by atomic mass is 19.1. The van der Waals surface area contributed by atoms with Crippen molar-refractivity contribution in [2.24, 2.45) is 17.6 Å². The van der Waals surface area contributed by atoms with Gasteiger partial charge in [0.1, 0.15) is 5.82 Å². The highest BCUT2D eigenvalue weighted by Gasteiger charge is 2.35. The van der Waals surface area contributed by atoms with E-state index in [2.05, 4.69) is 11.9 Å². The lowest BCUT2D eigenvalue weighted by atomic mass is 9.71. The molecule has 0 aliphatic heterocycles. The third kappa shape index (κ3) is 2.65. The second-order valence-electron chi connectivity index (χ2n) is 5.61. The summed E-state index contributed by atoms with van der Waals surface area (Å²) in [6.07, 6.45) is 6.08. The molecule has 0 spiro atoms. The molecular formula is C14H21FN2. The second kappa shape index (κ2) is 4.73. The van der Waals surface area contributed by atoms with Gasteiger partial charge in [0.05, 0.1) is 17.4 Å². The van der Waals surface area contributed by atoms with Crippen LogP contribution < -0.4 is 5.73 Å². The van der Waals surface area contributed by atoms with Crippen LogP contribution in [-0.4, -0.2) is 4.98 Å². The topological polar surface area (TPSA) is 38.9 Å². The van der Waals surface area contributed by atoms with Crippen LogP contribution in [0.25, 0.3) is 0 Å². The molecule has 0 bridgehead atoms. The molecule has 1 aliphatic carbocycles. The molecule has 3 atom stereocenters. The fourth-order valence-electron chi connectivity index (χ4n) is 2.88. The Morgan fingerprint density at radius 3 is 2.76 bits per heavy atom. The van der Waals surface area contributed by atoms with E-state index in [4.69, 9.17) is 5.73 Å². The van der Waals surface area contributed by atoms with Gasteiger partial charge < -0.3 is 5.73 Å². The number of hydrogen-bond donors (Lipinski definition) is 1. The molecule has 1 aliphatic rings. The number of nitrogens with zero attached hydrogens (tertiary/aromatic N) is 1. The maximum absolute atomic E-state index is 12.9. The molecule has 1 heterocycles. The Hall–Kier alpha value is -0.960. The highest BCUT2D eigenvalue weighted by molar-refractivity contribution is 5.16. The summed E-state index contributed by atoms with van der Waals surface area (Å²) in [7, 11) is 0. The summed E-state index contributed by atoms with van der Waals surface area (Å²) in [5.74, 6) is 0.878. The number of hydrogen-bond acceptors (Lipinski definition) is 2. The first-order chi connectivity index (χ1) is 8.00. The average molecular weight is 236 g/mol. The van der Waals surface area contributed by atoms with Crippen molar-refractivity contribution in [3.05, 3.63) is 29.8 Å². The van der Waals surface area contributed by atoms with Gasteiger partial charge in [-0.15, -0.1) is 0 Å². The molecule has 0 radical (unpaired) electrons. The number of rotatable bonds is 2. The third-order valence-electron chi connectivity index (χ3n) is 4.06. The number of pyridine rings is 1. The first-order valence-electron chi connectivity index (χ1n) is 6.41. The van der Waals surface area contributed by atoms with Gasteiger partial charge in [-0.3, -0.25) is 4.98 Å². The zero-order valence-corrected chi connectivity index (χ0v) is 10.6. The standard InChI is InChI=1S/C14H21FN2/c1-10-4-3-5-11(8-10)14(2,16)13-7-6-12(15)9-17-13/h6-7,9-11H,3-5,8,16H2,1-2H3. The zero-order valence-electron chi connectivity index (χ0n) is 10.6. The minimum absolute atomic E-state index is 0.304. The Labute approximate surface area is 102 Å². The predicted octanol–water partition coefficient (Wildman–Crippen LogP) is 3.22. The van der Waals surface area contributed by atoms with Crippen molar-refractivity contribution in [2.45, 2.75) is 45.1 Å². The van der Waals surface area contributed by atoms with Crippen LogP contribution in [0.1, 0.15) is 45.2 Å². The molecule has 3 unspecified atom stereocenters. The molecule has 3 heteroatoms. The van der Waals surface area contributed by atoms with E-state index in [1.807, 2.05) is 6.92 Å². The number of halogens is 1. The van der Waals surface area contributed by atoms with E-state index in [1.54, 1.807) is 6.07 Å². The average Bonchev–Trinajstić information content (AvgIpc) is 2.29. The maximum Gasteiger partial charge on any atom is 0.141 e. The summed E-state index contributed by atoms with van der Waals surface area (Å²) in [5.41, 5.74) is 6.80. The zero-order chi connectivity index (χ0) is 12.5. The summed E-state index contributed by atoms with van der Waals surface area (Å²) in [6, 6.07) is 3.16. The summed E-state index contributed by atoms with van der Waals surface area (Å²) < 4.78 is 12.9. The Bertz CT molecular complexity index is 372. The van der Waals surface area contributed by atoms with Crippen molar-refractivity contribution < 1.29 is 4.39 Å². The number of aromatic nitrogens is 1. The van der Waals surface area contributed by atoms with E-state index in [0.717, 1.165) is 24.5 Å². The molecular weight excluding hydrogens is 215 g/mol. The summed E-state index contributed by atoms with van der Waals surface area (Å²) in [5, 5.41) is 0.